The van der Waals surface area contributed by atoms with Crippen LogP contribution in [0.4, 0.5) is 0 Å². The average molecular weight is 226 g/mol. The van der Waals surface area contributed by atoms with Gasteiger partial charge in [-0.15, -0.1) is 0 Å². The molecular formula is C12H22N2O2. The van der Waals surface area contributed by atoms with Gasteiger partial charge in [0.05, 0.1) is 5.41 Å². The number of hydrogen-bond acceptors (Lipinski definition) is 3. The molecule has 0 aromatic heterocycles. The molecule has 1 rings (SSSR count). The molecule has 1 N–H and O–H groups in total. The normalized spacial score (nSPS) is 19.9. The number of nitrogens with one attached hydrogen (secondary N) is 1. The van der Waals surface area contributed by atoms with E-state index in [4.69, 9.17) is 0 Å². The van der Waals surface area contributed by atoms with Crippen LogP contribution < -0.4 is 5.32 Å². The molecule has 0 saturated carbocycles. The maximum absolute atomic E-state index is 11.9. The molecule has 4 heteroatoms. The molecule has 1 saturated heterocycles. The van der Waals surface area contributed by atoms with E-state index in [0.29, 0.717) is 19.0 Å². The molecule has 0 atom stereocenters. The van der Waals surface area contributed by atoms with Crippen LogP contribution in [0.25, 0.3) is 0 Å². The van der Waals surface area contributed by atoms with Gasteiger partial charge in [0, 0.05) is 19.0 Å². The van der Waals surface area contributed by atoms with Gasteiger partial charge in [-0.25, -0.2) is 0 Å². The van der Waals surface area contributed by atoms with Gasteiger partial charge < -0.3 is 5.32 Å². The number of carbonyl (C=O) groups excluding carboxylic acids is 2. The Balaban J connectivity index is 2.38. The zero-order valence-corrected chi connectivity index (χ0v) is 10.7. The SMILES string of the molecule is CC(C)NCCCN1C(=O)CC(C)(C)C1=O. The van der Waals surface area contributed by atoms with E-state index in [9.17, 15) is 9.59 Å². The topological polar surface area (TPSA) is 49.4 Å². The lowest BCUT2D eigenvalue weighted by Crippen LogP contribution is -2.35. The molecule has 2 amide bonds. The van der Waals surface area contributed by atoms with E-state index in [1.165, 1.54) is 4.90 Å². The summed E-state index contributed by atoms with van der Waals surface area (Å²) in [6.45, 7) is 9.21. The maximum Gasteiger partial charge on any atom is 0.235 e. The summed E-state index contributed by atoms with van der Waals surface area (Å²) in [6, 6.07) is 0.446. The predicted octanol–water partition coefficient (Wildman–Crippen LogP) is 1.16. The zero-order chi connectivity index (χ0) is 12.3. The second kappa shape index (κ2) is 4.95. The van der Waals surface area contributed by atoms with Crippen LogP contribution in [0.3, 0.4) is 0 Å². The molecule has 92 valence electrons. The van der Waals surface area contributed by atoms with Crippen molar-refractivity contribution in [2.45, 2.75) is 46.6 Å². The first-order chi connectivity index (χ1) is 7.34. The van der Waals surface area contributed by atoms with E-state index in [-0.39, 0.29) is 11.8 Å². The molecule has 1 aliphatic heterocycles. The Labute approximate surface area is 97.4 Å². The zero-order valence-electron chi connectivity index (χ0n) is 10.7. The molecule has 16 heavy (non-hydrogen) atoms. The number of hydrogen-bond donors (Lipinski definition) is 1. The third kappa shape index (κ3) is 3.04. The van der Waals surface area contributed by atoms with E-state index in [0.717, 1.165) is 13.0 Å². The van der Waals surface area contributed by atoms with Crippen LogP contribution in [0.2, 0.25) is 0 Å². The van der Waals surface area contributed by atoms with Crippen LogP contribution in [0, 0.1) is 5.41 Å². The van der Waals surface area contributed by atoms with Crippen LogP contribution in [-0.2, 0) is 9.59 Å². The lowest BCUT2D eigenvalue weighted by molar-refractivity contribution is -0.140. The molecule has 0 bridgehead atoms. The molecule has 4 nitrogen and oxygen atoms in total. The molecule has 0 aromatic carbocycles. The van der Waals surface area contributed by atoms with Gasteiger partial charge in [0.25, 0.3) is 0 Å². The molecule has 0 aromatic rings. The fourth-order valence-electron chi connectivity index (χ4n) is 1.88. The average Bonchev–Trinajstić information content (AvgIpc) is 2.33. The fourth-order valence-corrected chi connectivity index (χ4v) is 1.88. The molecule has 0 aliphatic carbocycles. The summed E-state index contributed by atoms with van der Waals surface area (Å²) in [5.41, 5.74) is -0.497. The van der Waals surface area contributed by atoms with Crippen molar-refractivity contribution >= 4 is 11.8 Å². The van der Waals surface area contributed by atoms with Crippen LogP contribution in [0.5, 0.6) is 0 Å². The lowest BCUT2D eigenvalue weighted by Gasteiger charge is -2.18. The highest BCUT2D eigenvalue weighted by Crippen LogP contribution is 2.31. The molecule has 1 heterocycles. The minimum absolute atomic E-state index is 0.0259. The van der Waals surface area contributed by atoms with Gasteiger partial charge in [0.15, 0.2) is 0 Å². The molecule has 0 spiro atoms. The number of carbonyl (C=O) groups is 2. The number of amides is 2. The van der Waals surface area contributed by atoms with Crippen molar-refractivity contribution in [3.8, 4) is 0 Å². The molecule has 1 fully saturated rings. The van der Waals surface area contributed by atoms with Crippen LogP contribution >= 0.6 is 0 Å². The highest BCUT2D eigenvalue weighted by molar-refractivity contribution is 6.05. The number of nitrogens with zero attached hydrogens (tertiary/aromatic N) is 1. The van der Waals surface area contributed by atoms with E-state index in [2.05, 4.69) is 19.2 Å². The van der Waals surface area contributed by atoms with Gasteiger partial charge in [-0.1, -0.05) is 27.7 Å². The Bertz CT molecular complexity index is 285. The van der Waals surface area contributed by atoms with E-state index in [1.54, 1.807) is 0 Å². The van der Waals surface area contributed by atoms with Crippen molar-refractivity contribution in [2.24, 2.45) is 5.41 Å². The first-order valence-electron chi connectivity index (χ1n) is 5.93. The van der Waals surface area contributed by atoms with Crippen molar-refractivity contribution in [3.63, 3.8) is 0 Å². The van der Waals surface area contributed by atoms with E-state index in [1.807, 2.05) is 13.8 Å². The van der Waals surface area contributed by atoms with Gasteiger partial charge in [0.1, 0.15) is 0 Å². The van der Waals surface area contributed by atoms with Gasteiger partial charge in [0.2, 0.25) is 11.8 Å². The molecule has 0 radical (unpaired) electrons. The first kappa shape index (κ1) is 13.2. The van der Waals surface area contributed by atoms with Crippen LogP contribution in [0.1, 0.15) is 40.5 Å². The highest BCUT2D eigenvalue weighted by atomic mass is 16.2. The second-order valence-corrected chi connectivity index (χ2v) is 5.37. The summed E-state index contributed by atoms with van der Waals surface area (Å²) >= 11 is 0. The summed E-state index contributed by atoms with van der Waals surface area (Å²) in [7, 11) is 0. The smallest absolute Gasteiger partial charge is 0.235 e. The maximum atomic E-state index is 11.9. The fraction of sp³-hybridized carbons (Fsp3) is 0.833. The third-order valence-corrected chi connectivity index (χ3v) is 2.83. The van der Waals surface area contributed by atoms with Crippen molar-refractivity contribution < 1.29 is 9.59 Å². The Morgan fingerprint density at radius 1 is 1.38 bits per heavy atom. The minimum Gasteiger partial charge on any atom is -0.314 e. The molecule has 1 aliphatic rings. The van der Waals surface area contributed by atoms with Crippen molar-refractivity contribution in [1.82, 2.24) is 10.2 Å². The van der Waals surface area contributed by atoms with Crippen molar-refractivity contribution in [2.75, 3.05) is 13.1 Å². The Morgan fingerprint density at radius 2 is 2.00 bits per heavy atom. The van der Waals surface area contributed by atoms with Gasteiger partial charge in [-0.3, -0.25) is 14.5 Å². The number of likely N-dealkylation sites (tertiary alicyclic amines) is 1. The number of imide groups is 1. The van der Waals surface area contributed by atoms with Crippen molar-refractivity contribution in [1.29, 1.82) is 0 Å². The predicted molar refractivity (Wildman–Crippen MR) is 62.9 cm³/mol. The number of rotatable bonds is 5. The summed E-state index contributed by atoms with van der Waals surface area (Å²) in [5.74, 6) is -0.0541. The van der Waals surface area contributed by atoms with E-state index < -0.39 is 5.41 Å². The van der Waals surface area contributed by atoms with E-state index >= 15 is 0 Å². The largest absolute Gasteiger partial charge is 0.314 e. The summed E-state index contributed by atoms with van der Waals surface area (Å²) in [5, 5.41) is 3.27. The first-order valence-corrected chi connectivity index (χ1v) is 5.93. The second-order valence-electron chi connectivity index (χ2n) is 5.37. The Morgan fingerprint density at radius 3 is 2.44 bits per heavy atom. The standard InChI is InChI=1S/C12H22N2O2/c1-9(2)13-6-5-7-14-10(15)8-12(3,4)11(14)16/h9,13H,5-8H2,1-4H3. The lowest BCUT2D eigenvalue weighted by atomic mass is 9.92. The van der Waals surface area contributed by atoms with Crippen molar-refractivity contribution in [3.05, 3.63) is 0 Å². The minimum atomic E-state index is -0.497. The van der Waals surface area contributed by atoms with Gasteiger partial charge in [-0.2, -0.15) is 0 Å². The Kier molecular flexibility index (Phi) is 4.08. The molecular weight excluding hydrogens is 204 g/mol. The quantitative estimate of drug-likeness (QED) is 0.565. The third-order valence-electron chi connectivity index (χ3n) is 2.83. The van der Waals surface area contributed by atoms with Gasteiger partial charge in [-0.05, 0) is 13.0 Å². The summed E-state index contributed by atoms with van der Waals surface area (Å²) in [4.78, 5) is 24.9. The Hall–Kier alpha value is -0.900. The highest BCUT2D eigenvalue weighted by Gasteiger charge is 2.44. The summed E-state index contributed by atoms with van der Waals surface area (Å²) < 4.78 is 0. The molecule has 0 unspecified atom stereocenters. The summed E-state index contributed by atoms with van der Waals surface area (Å²) in [6.07, 6.45) is 1.18. The monoisotopic (exact) mass is 226 g/mol. The van der Waals surface area contributed by atoms with Crippen LogP contribution in [0.15, 0.2) is 0 Å². The van der Waals surface area contributed by atoms with Gasteiger partial charge >= 0.3 is 0 Å². The van der Waals surface area contributed by atoms with Crippen LogP contribution in [-0.4, -0.2) is 35.8 Å².